The van der Waals surface area contributed by atoms with E-state index in [0.29, 0.717) is 54.2 Å². The molecule has 1 amide bonds. The van der Waals surface area contributed by atoms with Gasteiger partial charge in [-0.1, -0.05) is 37.3 Å². The Bertz CT molecular complexity index is 2380. The van der Waals surface area contributed by atoms with Gasteiger partial charge in [0.05, 0.1) is 85.2 Å². The molecule has 4 aromatic carbocycles. The Morgan fingerprint density at radius 2 is 1.08 bits per heavy atom. The molecular weight excluding hydrogens is 872 g/mol. The number of hydrogen-bond donors (Lipinski definition) is 3. The molecular formula is C49H67ClN4O12. The van der Waals surface area contributed by atoms with E-state index in [-0.39, 0.29) is 47.1 Å². The number of aryl methyl sites for hydroxylation is 2. The summed E-state index contributed by atoms with van der Waals surface area (Å²) in [7, 11) is 9.57. The molecule has 0 aliphatic carbocycles. The molecule has 0 aliphatic rings. The summed E-state index contributed by atoms with van der Waals surface area (Å²) in [4.78, 5) is 12.3. The van der Waals surface area contributed by atoms with Crippen molar-refractivity contribution in [3.8, 4) is 67.9 Å². The van der Waals surface area contributed by atoms with Crippen molar-refractivity contribution >= 4 is 29.9 Å². The van der Waals surface area contributed by atoms with Gasteiger partial charge in [0, 0.05) is 36.5 Å². The molecule has 0 saturated heterocycles. The molecule has 66 heavy (non-hydrogen) atoms. The fourth-order valence-corrected chi connectivity index (χ4v) is 6.20. The van der Waals surface area contributed by atoms with Crippen molar-refractivity contribution in [1.82, 2.24) is 10.3 Å². The van der Waals surface area contributed by atoms with Crippen molar-refractivity contribution in [2.75, 3.05) is 93.4 Å². The highest BCUT2D eigenvalue weighted by Gasteiger charge is 2.19. The topological polar surface area (TPSA) is 201 Å². The number of carbonyl (C=O) groups is 1. The van der Waals surface area contributed by atoms with E-state index in [4.69, 9.17) is 53.0 Å². The molecule has 0 spiro atoms. The number of nitrogen functional groups attached to an aromatic ring is 1. The third kappa shape index (κ3) is 15.4. The zero-order valence-electron chi connectivity index (χ0n) is 38.0. The number of aromatic nitrogens is 2. The lowest BCUT2D eigenvalue weighted by atomic mass is 9.98. The number of anilines is 2. The molecule has 0 saturated carbocycles. The highest BCUT2D eigenvalue weighted by atomic mass is 35.5. The molecule has 0 aliphatic heterocycles. The number of nitrogens with one attached hydrogen (secondary N) is 1. The van der Waals surface area contributed by atoms with Gasteiger partial charge in [-0.15, -0.1) is 12.4 Å². The van der Waals surface area contributed by atoms with E-state index in [1.54, 1.807) is 60.1 Å². The maximum absolute atomic E-state index is 12.3. The highest BCUT2D eigenvalue weighted by Crippen LogP contribution is 2.40. The standard InChI is InChI=1S/C25H30N2O7.C19H20N2O3.C3H8O2.2CH4.ClH/c1-16-12-19(14-23(31-5)17(16)2)24-20(15-26-34-24)18-6-7-22(30-4)21(13-18)27-25(28)33-11-10-32-9-8-29-3;1-11-7-14(9-18(23-4)12(11)2)19-15(10-21-24-19)13-5-6-17(22-3)16(20)8-13;1-5-3-2-4;;;/h6-7,12-15H,8-11H2,1-5H3,(H,27,28);5-10H,20H2,1-4H3;4H,2-3H2,1H3;2*1H4;1H. The summed E-state index contributed by atoms with van der Waals surface area (Å²) in [6.45, 7) is 9.97. The van der Waals surface area contributed by atoms with Crippen LogP contribution in [0.5, 0.6) is 23.0 Å². The summed E-state index contributed by atoms with van der Waals surface area (Å²) in [6.07, 6.45) is 2.71. The number of benzene rings is 4. The molecule has 0 fully saturated rings. The van der Waals surface area contributed by atoms with Gasteiger partial charge in [-0.3, -0.25) is 5.32 Å². The maximum atomic E-state index is 12.3. The second-order valence-corrected chi connectivity index (χ2v) is 13.8. The fraction of sp³-hybridized carbons (Fsp3) is 0.367. The van der Waals surface area contributed by atoms with Crippen LogP contribution in [-0.4, -0.2) is 104 Å². The fourth-order valence-electron chi connectivity index (χ4n) is 6.20. The van der Waals surface area contributed by atoms with Crippen LogP contribution in [-0.2, 0) is 18.9 Å². The van der Waals surface area contributed by atoms with Gasteiger partial charge in [-0.25, -0.2) is 4.79 Å². The quantitative estimate of drug-likeness (QED) is 0.0575. The summed E-state index contributed by atoms with van der Waals surface area (Å²) in [5, 5.41) is 18.6. The number of nitrogens with zero attached hydrogens (tertiary/aromatic N) is 2. The van der Waals surface area contributed by atoms with Crippen LogP contribution in [0, 0.1) is 27.7 Å². The Kier molecular flexibility index (Phi) is 25.6. The van der Waals surface area contributed by atoms with E-state index < -0.39 is 6.09 Å². The average Bonchev–Trinajstić information content (AvgIpc) is 3.99. The van der Waals surface area contributed by atoms with E-state index in [9.17, 15) is 4.79 Å². The van der Waals surface area contributed by atoms with Gasteiger partial charge in [-0.2, -0.15) is 0 Å². The second-order valence-electron chi connectivity index (χ2n) is 13.8. The Morgan fingerprint density at radius 3 is 1.52 bits per heavy atom. The van der Waals surface area contributed by atoms with Crippen molar-refractivity contribution in [3.63, 3.8) is 0 Å². The highest BCUT2D eigenvalue weighted by molar-refractivity contribution is 5.90. The summed E-state index contributed by atoms with van der Waals surface area (Å²) in [5.41, 5.74) is 16.5. The summed E-state index contributed by atoms with van der Waals surface area (Å²) >= 11 is 0. The molecule has 2 heterocycles. The van der Waals surface area contributed by atoms with Crippen LogP contribution >= 0.6 is 12.4 Å². The van der Waals surface area contributed by atoms with Gasteiger partial charge < -0.3 is 57.8 Å². The number of hydrogen-bond acceptors (Lipinski definition) is 15. The van der Waals surface area contributed by atoms with E-state index in [2.05, 4.69) is 26.4 Å². The third-order valence-corrected chi connectivity index (χ3v) is 9.82. The number of methoxy groups -OCH3 is 6. The van der Waals surface area contributed by atoms with Gasteiger partial charge in [0.25, 0.3) is 0 Å². The van der Waals surface area contributed by atoms with Gasteiger partial charge in [0.2, 0.25) is 0 Å². The minimum atomic E-state index is -0.616. The number of aliphatic hydroxyl groups excluding tert-OH is 1. The molecule has 0 atom stereocenters. The second kappa shape index (κ2) is 29.3. The predicted octanol–water partition coefficient (Wildman–Crippen LogP) is 10.4. The Balaban J connectivity index is 0.000000597. The SMILES string of the molecule is C.C.COCCO.COCCOCCOC(=O)Nc1cc(-c2cnoc2-c2cc(C)c(C)c(OC)c2)ccc1OC.COc1ccc(-c2cnoc2-c2cc(C)c(C)c(OC)c2)cc1N.Cl. The summed E-state index contributed by atoms with van der Waals surface area (Å²) in [6, 6.07) is 19.0. The van der Waals surface area contributed by atoms with Crippen molar-refractivity contribution in [1.29, 1.82) is 0 Å². The minimum absolute atomic E-state index is 0. The number of rotatable bonds is 17. The van der Waals surface area contributed by atoms with Crippen molar-refractivity contribution in [3.05, 3.63) is 95.3 Å². The van der Waals surface area contributed by atoms with Gasteiger partial charge >= 0.3 is 6.09 Å². The summed E-state index contributed by atoms with van der Waals surface area (Å²) < 4.78 is 52.5. The van der Waals surface area contributed by atoms with Crippen LogP contribution < -0.4 is 30.0 Å². The van der Waals surface area contributed by atoms with E-state index in [1.807, 2.05) is 70.2 Å². The maximum Gasteiger partial charge on any atom is 0.411 e. The van der Waals surface area contributed by atoms with Crippen LogP contribution in [0.1, 0.15) is 37.1 Å². The Morgan fingerprint density at radius 1 is 0.606 bits per heavy atom. The van der Waals surface area contributed by atoms with E-state index in [0.717, 1.165) is 67.1 Å². The first-order valence-corrected chi connectivity index (χ1v) is 19.9. The van der Waals surface area contributed by atoms with Crippen LogP contribution in [0.25, 0.3) is 44.9 Å². The van der Waals surface area contributed by atoms with Gasteiger partial charge in [0.1, 0.15) is 29.6 Å². The molecule has 16 nitrogen and oxygen atoms in total. The Labute approximate surface area is 395 Å². The number of halogens is 1. The monoisotopic (exact) mass is 938 g/mol. The zero-order valence-corrected chi connectivity index (χ0v) is 38.8. The van der Waals surface area contributed by atoms with Crippen LogP contribution in [0.4, 0.5) is 16.2 Å². The van der Waals surface area contributed by atoms with Crippen LogP contribution in [0.2, 0.25) is 0 Å². The third-order valence-electron chi connectivity index (χ3n) is 9.82. The first kappa shape index (κ1) is 57.7. The average molecular weight is 940 g/mol. The molecule has 6 aromatic rings. The minimum Gasteiger partial charge on any atom is -0.496 e. The first-order valence-electron chi connectivity index (χ1n) is 19.9. The number of carbonyl (C=O) groups excluding carboxylic acids is 1. The Hall–Kier alpha value is -6.30. The zero-order chi connectivity index (χ0) is 45.9. The van der Waals surface area contributed by atoms with E-state index >= 15 is 0 Å². The molecule has 6 rings (SSSR count). The number of nitrogens with two attached hydrogens (primary N) is 1. The number of amides is 1. The lowest BCUT2D eigenvalue weighted by molar-refractivity contribution is 0.0447. The predicted molar refractivity (Wildman–Crippen MR) is 262 cm³/mol. The van der Waals surface area contributed by atoms with E-state index in [1.165, 1.54) is 7.11 Å². The number of ether oxygens (including phenoxy) is 8. The molecule has 0 unspecified atom stereocenters. The lowest BCUT2D eigenvalue weighted by Crippen LogP contribution is -2.18. The van der Waals surface area contributed by atoms with Crippen molar-refractivity contribution < 1.29 is 56.8 Å². The van der Waals surface area contributed by atoms with Crippen molar-refractivity contribution in [2.45, 2.75) is 42.5 Å². The van der Waals surface area contributed by atoms with Gasteiger partial charge in [-0.05, 0) is 110 Å². The number of aliphatic hydroxyl groups is 1. The molecule has 2 aromatic heterocycles. The lowest BCUT2D eigenvalue weighted by Gasteiger charge is -2.13. The normalized spacial score (nSPS) is 10.0. The molecule has 17 heteroatoms. The molecule has 362 valence electrons. The molecule has 0 radical (unpaired) electrons. The van der Waals surface area contributed by atoms with Crippen molar-refractivity contribution in [2.24, 2.45) is 0 Å². The smallest absolute Gasteiger partial charge is 0.411 e. The molecule has 0 bridgehead atoms. The largest absolute Gasteiger partial charge is 0.496 e. The first-order chi connectivity index (χ1) is 30.4. The summed E-state index contributed by atoms with van der Waals surface area (Å²) in [5.74, 6) is 3.99. The van der Waals surface area contributed by atoms with Gasteiger partial charge in [0.15, 0.2) is 11.5 Å². The van der Waals surface area contributed by atoms with Crippen LogP contribution in [0.3, 0.4) is 0 Å². The van der Waals surface area contributed by atoms with Crippen LogP contribution in [0.15, 0.2) is 82.1 Å². The molecule has 4 N–H and O–H groups in total.